The van der Waals surface area contributed by atoms with Gasteiger partial charge < -0.3 is 0 Å². The minimum atomic E-state index is 0.326. The van der Waals surface area contributed by atoms with Gasteiger partial charge in [-0.15, -0.1) is 0 Å². The average molecular weight is 177 g/mol. The molecule has 0 unspecified atom stereocenters. The third-order valence-electron chi connectivity index (χ3n) is 1.30. The van der Waals surface area contributed by atoms with Gasteiger partial charge in [0.15, 0.2) is 0 Å². The van der Waals surface area contributed by atoms with Gasteiger partial charge in [-0.25, -0.2) is 9.97 Å². The van der Waals surface area contributed by atoms with Crippen LogP contribution in [0.25, 0.3) is 5.13 Å². The Hall–Kier alpha value is -1.74. The van der Waals surface area contributed by atoms with E-state index in [1.54, 1.807) is 17.0 Å². The summed E-state index contributed by atoms with van der Waals surface area (Å²) in [5.41, 5.74) is 0. The Bertz CT molecular complexity index is 409. The second-order valence-electron chi connectivity index (χ2n) is 1.96. The Balaban J connectivity index is 2.55. The zero-order valence-corrected chi connectivity index (χ0v) is 6.69. The quantitative estimate of drug-likeness (QED) is 0.639. The van der Waals surface area contributed by atoms with Crippen LogP contribution in [0.4, 0.5) is 0 Å². The number of aromatic nitrogens is 4. The fourth-order valence-electron chi connectivity index (χ4n) is 0.814. The van der Waals surface area contributed by atoms with Crippen molar-refractivity contribution >= 4 is 11.5 Å². The highest BCUT2D eigenvalue weighted by Crippen LogP contribution is 2.09. The molecule has 2 aromatic rings. The smallest absolute Gasteiger partial charge is 0.219 e. The molecule has 0 fully saturated rings. The lowest BCUT2D eigenvalue weighted by Crippen LogP contribution is -1.94. The van der Waals surface area contributed by atoms with Crippen LogP contribution in [-0.4, -0.2) is 18.9 Å². The molecule has 2 heterocycles. The first-order valence-electron chi connectivity index (χ1n) is 3.12. The van der Waals surface area contributed by atoms with Crippen LogP contribution in [0.1, 0.15) is 5.82 Å². The minimum absolute atomic E-state index is 0.326. The molecule has 0 amide bonds. The molecule has 0 bridgehead atoms. The topological polar surface area (TPSA) is 67.4 Å². The van der Waals surface area contributed by atoms with Gasteiger partial charge in [-0.05, 0) is 0 Å². The van der Waals surface area contributed by atoms with Crippen LogP contribution in [0.15, 0.2) is 18.7 Å². The maximum Gasteiger partial charge on any atom is 0.219 e. The highest BCUT2D eigenvalue weighted by Gasteiger charge is 2.05. The number of nitrogens with zero attached hydrogens (tertiary/aromatic N) is 5. The number of nitriles is 1. The van der Waals surface area contributed by atoms with Gasteiger partial charge >= 0.3 is 0 Å². The van der Waals surface area contributed by atoms with E-state index in [1.165, 1.54) is 17.9 Å². The van der Waals surface area contributed by atoms with Crippen LogP contribution in [0, 0.1) is 11.3 Å². The Morgan fingerprint density at radius 1 is 1.50 bits per heavy atom. The van der Waals surface area contributed by atoms with Gasteiger partial charge in [-0.2, -0.15) is 9.64 Å². The van der Waals surface area contributed by atoms with Gasteiger partial charge in [-0.3, -0.25) is 4.57 Å². The molecule has 0 aliphatic heterocycles. The standard InChI is InChI=1S/C6H3N5S/c7-3-5-8-1-2-11(5)6-9-4-10-12-6/h1-2,4H. The van der Waals surface area contributed by atoms with Crippen LogP contribution in [0.3, 0.4) is 0 Å². The normalized spacial score (nSPS) is 9.58. The molecule has 0 saturated heterocycles. The van der Waals surface area contributed by atoms with Crippen molar-refractivity contribution in [2.24, 2.45) is 0 Å². The third-order valence-corrected chi connectivity index (χ3v) is 1.96. The molecule has 6 heteroatoms. The third kappa shape index (κ3) is 0.963. The van der Waals surface area contributed by atoms with Crippen LogP contribution >= 0.6 is 11.5 Å². The molecule has 0 N–H and O–H groups in total. The van der Waals surface area contributed by atoms with Gasteiger partial charge in [0.1, 0.15) is 12.4 Å². The van der Waals surface area contributed by atoms with Crippen LogP contribution < -0.4 is 0 Å². The molecule has 2 aromatic heterocycles. The van der Waals surface area contributed by atoms with Crippen LogP contribution in [0.5, 0.6) is 0 Å². The molecule has 0 saturated carbocycles. The first-order chi connectivity index (χ1) is 5.92. The van der Waals surface area contributed by atoms with Crippen molar-refractivity contribution < 1.29 is 0 Å². The van der Waals surface area contributed by atoms with Crippen molar-refractivity contribution in [3.8, 4) is 11.2 Å². The number of rotatable bonds is 1. The summed E-state index contributed by atoms with van der Waals surface area (Å²) >= 11 is 1.22. The van der Waals surface area contributed by atoms with E-state index in [-0.39, 0.29) is 0 Å². The van der Waals surface area contributed by atoms with E-state index in [0.717, 1.165) is 0 Å². The SMILES string of the molecule is N#Cc1nccn1-c1ncns1. The maximum atomic E-state index is 8.63. The Labute approximate surface area is 72.1 Å². The predicted molar refractivity (Wildman–Crippen MR) is 41.7 cm³/mol. The number of imidazole rings is 1. The predicted octanol–water partition coefficient (Wildman–Crippen LogP) is 0.595. The molecule has 58 valence electrons. The Morgan fingerprint density at radius 2 is 2.42 bits per heavy atom. The van der Waals surface area contributed by atoms with Crippen LogP contribution in [-0.2, 0) is 0 Å². The van der Waals surface area contributed by atoms with Crippen molar-refractivity contribution in [2.75, 3.05) is 0 Å². The van der Waals surface area contributed by atoms with E-state index in [2.05, 4.69) is 14.3 Å². The van der Waals surface area contributed by atoms with Gasteiger partial charge in [-0.1, -0.05) is 0 Å². The summed E-state index contributed by atoms with van der Waals surface area (Å²) in [5.74, 6) is 0.326. The molecular formula is C6H3N5S. The van der Waals surface area contributed by atoms with Gasteiger partial charge in [0.25, 0.3) is 0 Å². The second-order valence-corrected chi connectivity index (χ2v) is 2.72. The van der Waals surface area contributed by atoms with Gasteiger partial charge in [0.2, 0.25) is 11.0 Å². The van der Waals surface area contributed by atoms with E-state index in [1.807, 2.05) is 6.07 Å². The second kappa shape index (κ2) is 2.71. The van der Waals surface area contributed by atoms with Crippen molar-refractivity contribution in [3.63, 3.8) is 0 Å². The van der Waals surface area contributed by atoms with Crippen molar-refractivity contribution in [1.29, 1.82) is 5.26 Å². The van der Waals surface area contributed by atoms with Gasteiger partial charge in [0, 0.05) is 23.9 Å². The van der Waals surface area contributed by atoms with Gasteiger partial charge in [0.05, 0.1) is 0 Å². The lowest BCUT2D eigenvalue weighted by Gasteiger charge is -1.93. The largest absolute Gasteiger partial charge is 0.265 e. The highest BCUT2D eigenvalue weighted by atomic mass is 32.1. The van der Waals surface area contributed by atoms with E-state index in [0.29, 0.717) is 11.0 Å². The fraction of sp³-hybridized carbons (Fsp3) is 0. The first kappa shape index (κ1) is 6.94. The summed E-state index contributed by atoms with van der Waals surface area (Å²) in [7, 11) is 0. The molecule has 0 aliphatic carbocycles. The minimum Gasteiger partial charge on any atom is -0.265 e. The molecule has 0 spiro atoms. The molecular weight excluding hydrogens is 174 g/mol. The molecule has 2 rings (SSSR count). The molecule has 0 atom stereocenters. The molecule has 0 aliphatic rings. The van der Waals surface area contributed by atoms with E-state index >= 15 is 0 Å². The van der Waals surface area contributed by atoms with E-state index in [9.17, 15) is 0 Å². The summed E-state index contributed by atoms with van der Waals surface area (Å²) in [6.45, 7) is 0. The monoisotopic (exact) mass is 177 g/mol. The Morgan fingerprint density at radius 3 is 3.08 bits per heavy atom. The molecule has 0 radical (unpaired) electrons. The zero-order chi connectivity index (χ0) is 8.39. The average Bonchev–Trinajstić information content (AvgIpc) is 2.74. The van der Waals surface area contributed by atoms with Crippen molar-refractivity contribution in [1.82, 2.24) is 18.9 Å². The van der Waals surface area contributed by atoms with Crippen molar-refractivity contribution in [3.05, 3.63) is 24.5 Å². The lowest BCUT2D eigenvalue weighted by molar-refractivity contribution is 0.999. The molecule has 0 aromatic carbocycles. The van der Waals surface area contributed by atoms with E-state index < -0.39 is 0 Å². The van der Waals surface area contributed by atoms with E-state index in [4.69, 9.17) is 5.26 Å². The summed E-state index contributed by atoms with van der Waals surface area (Å²) in [4.78, 5) is 7.78. The lowest BCUT2D eigenvalue weighted by atomic mass is 10.7. The zero-order valence-electron chi connectivity index (χ0n) is 5.88. The number of hydrogen-bond donors (Lipinski definition) is 0. The first-order valence-corrected chi connectivity index (χ1v) is 3.89. The summed E-state index contributed by atoms with van der Waals surface area (Å²) in [6.07, 6.45) is 4.68. The maximum absolute atomic E-state index is 8.63. The molecule has 5 nitrogen and oxygen atoms in total. The highest BCUT2D eigenvalue weighted by molar-refractivity contribution is 7.07. The van der Waals surface area contributed by atoms with Crippen molar-refractivity contribution in [2.45, 2.75) is 0 Å². The van der Waals surface area contributed by atoms with Crippen LogP contribution in [0.2, 0.25) is 0 Å². The Kier molecular flexibility index (Phi) is 1.57. The summed E-state index contributed by atoms with van der Waals surface area (Å²) in [6, 6.07) is 1.95. The number of hydrogen-bond acceptors (Lipinski definition) is 5. The summed E-state index contributed by atoms with van der Waals surface area (Å²) in [5, 5.41) is 9.29. The summed E-state index contributed by atoms with van der Waals surface area (Å²) < 4.78 is 5.42. The fourth-order valence-corrected chi connectivity index (χ4v) is 1.33. The molecule has 12 heavy (non-hydrogen) atoms.